The first kappa shape index (κ1) is 13.2. The number of aliphatic hydroxyl groups is 1. The number of carbonyl (C=O) groups is 1. The molecule has 1 aliphatic carbocycles. The van der Waals surface area contributed by atoms with Crippen LogP contribution in [0.2, 0.25) is 5.02 Å². The van der Waals surface area contributed by atoms with Crippen LogP contribution in [0.15, 0.2) is 18.2 Å². The Morgan fingerprint density at radius 2 is 2.00 bits per heavy atom. The van der Waals surface area contributed by atoms with Crippen molar-refractivity contribution in [3.05, 3.63) is 28.8 Å². The highest BCUT2D eigenvalue weighted by Crippen LogP contribution is 2.21. The largest absolute Gasteiger partial charge is 0.398 e. The monoisotopic (exact) mass is 268 g/mol. The molecule has 0 radical (unpaired) electrons. The molecule has 1 aromatic carbocycles. The molecule has 1 amide bonds. The smallest absolute Gasteiger partial charge is 0.253 e. The van der Waals surface area contributed by atoms with Gasteiger partial charge in [-0.25, -0.2) is 0 Å². The molecule has 0 unspecified atom stereocenters. The summed E-state index contributed by atoms with van der Waals surface area (Å²) in [6.45, 7) is 0. The predicted octanol–water partition coefficient (Wildman–Crippen LogP) is 1.96. The number of hydrogen-bond donors (Lipinski definition) is 3. The number of nitrogens with two attached hydrogens (primary N) is 1. The fraction of sp³-hybridized carbons (Fsp3) is 0.462. The summed E-state index contributed by atoms with van der Waals surface area (Å²) < 4.78 is 0. The molecule has 0 spiro atoms. The lowest BCUT2D eigenvalue weighted by Gasteiger charge is -2.26. The van der Waals surface area contributed by atoms with Crippen molar-refractivity contribution < 1.29 is 9.90 Å². The summed E-state index contributed by atoms with van der Waals surface area (Å²) in [6, 6.07) is 4.97. The molecule has 0 saturated heterocycles. The van der Waals surface area contributed by atoms with Crippen LogP contribution >= 0.6 is 11.6 Å². The zero-order valence-electron chi connectivity index (χ0n) is 10.0. The zero-order chi connectivity index (χ0) is 13.1. The number of aliphatic hydroxyl groups excluding tert-OH is 1. The number of hydrogen-bond acceptors (Lipinski definition) is 3. The van der Waals surface area contributed by atoms with E-state index in [1.54, 1.807) is 18.2 Å². The highest BCUT2D eigenvalue weighted by molar-refractivity contribution is 6.31. The second-order valence-corrected chi connectivity index (χ2v) is 5.15. The normalized spacial score (nSPS) is 23.7. The quantitative estimate of drug-likeness (QED) is 0.718. The minimum Gasteiger partial charge on any atom is -0.398 e. The Kier molecular flexibility index (Phi) is 4.09. The average molecular weight is 269 g/mol. The van der Waals surface area contributed by atoms with Gasteiger partial charge in [0.05, 0.1) is 11.7 Å². The Bertz CT molecular complexity index is 443. The maximum Gasteiger partial charge on any atom is 0.253 e. The molecule has 5 heteroatoms. The molecule has 1 aliphatic rings. The molecule has 2 rings (SSSR count). The molecule has 0 aliphatic heterocycles. The van der Waals surface area contributed by atoms with Gasteiger partial charge in [0.1, 0.15) is 0 Å². The van der Waals surface area contributed by atoms with E-state index in [-0.39, 0.29) is 18.1 Å². The summed E-state index contributed by atoms with van der Waals surface area (Å²) in [4.78, 5) is 12.0. The van der Waals surface area contributed by atoms with Crippen molar-refractivity contribution in [1.29, 1.82) is 0 Å². The summed E-state index contributed by atoms with van der Waals surface area (Å²) in [5, 5.41) is 12.9. The third-order valence-corrected chi connectivity index (χ3v) is 3.53. The Morgan fingerprint density at radius 3 is 2.61 bits per heavy atom. The van der Waals surface area contributed by atoms with E-state index in [2.05, 4.69) is 5.32 Å². The Balaban J connectivity index is 1.99. The first-order valence-electron chi connectivity index (χ1n) is 6.10. The first-order chi connectivity index (χ1) is 8.56. The Morgan fingerprint density at radius 1 is 1.33 bits per heavy atom. The third-order valence-electron chi connectivity index (χ3n) is 3.29. The second kappa shape index (κ2) is 5.59. The van der Waals surface area contributed by atoms with Gasteiger partial charge in [-0.2, -0.15) is 0 Å². The van der Waals surface area contributed by atoms with E-state index in [1.165, 1.54) is 0 Å². The topological polar surface area (TPSA) is 75.4 Å². The van der Waals surface area contributed by atoms with E-state index in [1.807, 2.05) is 0 Å². The van der Waals surface area contributed by atoms with Crippen LogP contribution in [0.3, 0.4) is 0 Å². The number of nitrogens with one attached hydrogen (secondary N) is 1. The summed E-state index contributed by atoms with van der Waals surface area (Å²) in [7, 11) is 0. The lowest BCUT2D eigenvalue weighted by Crippen LogP contribution is -2.38. The fourth-order valence-electron chi connectivity index (χ4n) is 2.22. The van der Waals surface area contributed by atoms with Gasteiger partial charge in [-0.1, -0.05) is 11.6 Å². The van der Waals surface area contributed by atoms with E-state index in [9.17, 15) is 9.90 Å². The number of nitrogen functional groups attached to an aromatic ring is 1. The highest BCUT2D eigenvalue weighted by atomic mass is 35.5. The van der Waals surface area contributed by atoms with E-state index in [0.29, 0.717) is 16.3 Å². The van der Waals surface area contributed by atoms with Gasteiger partial charge in [0.15, 0.2) is 0 Å². The number of rotatable bonds is 2. The van der Waals surface area contributed by atoms with Gasteiger partial charge in [0.2, 0.25) is 0 Å². The number of benzene rings is 1. The summed E-state index contributed by atoms with van der Waals surface area (Å²) in [5.74, 6) is -0.175. The van der Waals surface area contributed by atoms with Crippen molar-refractivity contribution >= 4 is 23.2 Å². The molecule has 98 valence electrons. The van der Waals surface area contributed by atoms with Crippen molar-refractivity contribution in [1.82, 2.24) is 5.32 Å². The van der Waals surface area contributed by atoms with Gasteiger partial charge in [-0.05, 0) is 43.9 Å². The van der Waals surface area contributed by atoms with E-state index in [0.717, 1.165) is 25.7 Å². The molecule has 18 heavy (non-hydrogen) atoms. The van der Waals surface area contributed by atoms with E-state index in [4.69, 9.17) is 17.3 Å². The van der Waals surface area contributed by atoms with Crippen LogP contribution in [0.5, 0.6) is 0 Å². The highest BCUT2D eigenvalue weighted by Gasteiger charge is 2.21. The summed E-state index contributed by atoms with van der Waals surface area (Å²) in [5.41, 5.74) is 6.60. The van der Waals surface area contributed by atoms with Crippen LogP contribution in [0.1, 0.15) is 36.0 Å². The molecule has 1 fully saturated rings. The van der Waals surface area contributed by atoms with Crippen molar-refractivity contribution in [3.63, 3.8) is 0 Å². The maximum absolute atomic E-state index is 12.0. The van der Waals surface area contributed by atoms with Crippen LogP contribution in [-0.4, -0.2) is 23.2 Å². The van der Waals surface area contributed by atoms with Crippen LogP contribution < -0.4 is 11.1 Å². The molecule has 4 N–H and O–H groups in total. The van der Waals surface area contributed by atoms with Crippen LogP contribution in [0, 0.1) is 0 Å². The molecule has 0 aromatic heterocycles. The fourth-order valence-corrected chi connectivity index (χ4v) is 2.40. The number of anilines is 1. The Labute approximate surface area is 111 Å². The summed E-state index contributed by atoms with van der Waals surface area (Å²) in [6.07, 6.45) is 2.86. The van der Waals surface area contributed by atoms with Crippen LogP contribution in [-0.2, 0) is 0 Å². The maximum atomic E-state index is 12.0. The average Bonchev–Trinajstić information content (AvgIpc) is 2.32. The second-order valence-electron chi connectivity index (χ2n) is 4.71. The van der Waals surface area contributed by atoms with Crippen molar-refractivity contribution in [2.45, 2.75) is 37.8 Å². The molecular formula is C13H17ClN2O2. The molecule has 1 aromatic rings. The minimum atomic E-state index is -0.223. The van der Waals surface area contributed by atoms with Crippen molar-refractivity contribution in [2.24, 2.45) is 0 Å². The predicted molar refractivity (Wildman–Crippen MR) is 71.6 cm³/mol. The van der Waals surface area contributed by atoms with Gasteiger partial charge >= 0.3 is 0 Å². The zero-order valence-corrected chi connectivity index (χ0v) is 10.8. The van der Waals surface area contributed by atoms with Gasteiger partial charge < -0.3 is 16.2 Å². The standard InChI is InChI=1S/C13H17ClN2O2/c14-8-1-6-11(12(15)7-8)13(18)16-9-2-4-10(17)5-3-9/h1,6-7,9-10,17H,2-5,15H2,(H,16,18). The van der Waals surface area contributed by atoms with Crippen molar-refractivity contribution in [2.75, 3.05) is 5.73 Å². The number of amides is 1. The number of carbonyl (C=O) groups excluding carboxylic acids is 1. The van der Waals surface area contributed by atoms with Gasteiger partial charge in [0.25, 0.3) is 5.91 Å². The van der Waals surface area contributed by atoms with Gasteiger partial charge in [-0.3, -0.25) is 4.79 Å². The van der Waals surface area contributed by atoms with Gasteiger partial charge in [-0.15, -0.1) is 0 Å². The van der Waals surface area contributed by atoms with Crippen LogP contribution in [0.25, 0.3) is 0 Å². The molecular weight excluding hydrogens is 252 g/mol. The number of halogens is 1. The molecule has 4 nitrogen and oxygen atoms in total. The van der Waals surface area contributed by atoms with E-state index < -0.39 is 0 Å². The summed E-state index contributed by atoms with van der Waals surface area (Å²) >= 11 is 5.79. The van der Waals surface area contributed by atoms with Gasteiger partial charge in [0, 0.05) is 16.8 Å². The molecule has 1 saturated carbocycles. The van der Waals surface area contributed by atoms with E-state index >= 15 is 0 Å². The molecule has 0 atom stereocenters. The lowest BCUT2D eigenvalue weighted by molar-refractivity contribution is 0.0868. The lowest BCUT2D eigenvalue weighted by atomic mass is 9.93. The first-order valence-corrected chi connectivity index (χ1v) is 6.48. The SMILES string of the molecule is Nc1cc(Cl)ccc1C(=O)NC1CCC(O)CC1. The molecule has 0 heterocycles. The van der Waals surface area contributed by atoms with Crippen LogP contribution in [0.4, 0.5) is 5.69 Å². The minimum absolute atomic E-state index is 0.121. The Hall–Kier alpha value is -1.26. The molecule has 0 bridgehead atoms. The third kappa shape index (κ3) is 3.15. The van der Waals surface area contributed by atoms with Crippen molar-refractivity contribution in [3.8, 4) is 0 Å².